The van der Waals surface area contributed by atoms with E-state index in [2.05, 4.69) is 0 Å². The lowest BCUT2D eigenvalue weighted by molar-refractivity contribution is -0.133. The Hall–Kier alpha value is -2.15. The quantitative estimate of drug-likeness (QED) is 0.821. The molecule has 7 heteroatoms. The molecule has 0 unspecified atom stereocenters. The molecule has 6 nitrogen and oxygen atoms in total. The average Bonchev–Trinajstić information content (AvgIpc) is 2.56. The predicted octanol–water partition coefficient (Wildman–Crippen LogP) is 1.28. The summed E-state index contributed by atoms with van der Waals surface area (Å²) < 4.78 is 24.4. The zero-order valence-electron chi connectivity index (χ0n) is 14.2. The molecule has 0 aliphatic carbocycles. The van der Waals surface area contributed by atoms with Gasteiger partial charge in [0, 0.05) is 30.9 Å². The molecular formula is C18H22N2O4S. The highest BCUT2D eigenvalue weighted by atomic mass is 32.2. The SMILES string of the molecule is CS(=O)(=O)C[C@H]1CCCN(C(=O)Cn2ccc3ccccc3c2=O)C1. The monoisotopic (exact) mass is 362 g/mol. The molecule has 0 N–H and O–H groups in total. The summed E-state index contributed by atoms with van der Waals surface area (Å²) in [5, 5.41) is 1.44. The Balaban J connectivity index is 1.74. The fourth-order valence-electron chi connectivity index (χ4n) is 3.46. The van der Waals surface area contributed by atoms with Crippen LogP contribution in [-0.4, -0.2) is 48.9 Å². The van der Waals surface area contributed by atoms with E-state index in [0.717, 1.165) is 18.2 Å². The third-order valence-corrected chi connectivity index (χ3v) is 5.68. The lowest BCUT2D eigenvalue weighted by Crippen LogP contribution is -2.44. The van der Waals surface area contributed by atoms with Crippen LogP contribution in [0.5, 0.6) is 0 Å². The number of likely N-dealkylation sites (tertiary alicyclic amines) is 1. The predicted molar refractivity (Wildman–Crippen MR) is 97.2 cm³/mol. The molecule has 0 spiro atoms. The van der Waals surface area contributed by atoms with Gasteiger partial charge in [0.1, 0.15) is 16.4 Å². The van der Waals surface area contributed by atoms with Crippen molar-refractivity contribution < 1.29 is 13.2 Å². The van der Waals surface area contributed by atoms with E-state index < -0.39 is 9.84 Å². The van der Waals surface area contributed by atoms with Crippen LogP contribution in [0.15, 0.2) is 41.3 Å². The van der Waals surface area contributed by atoms with E-state index in [1.54, 1.807) is 23.2 Å². The molecule has 2 heterocycles. The largest absolute Gasteiger partial charge is 0.341 e. The van der Waals surface area contributed by atoms with Crippen molar-refractivity contribution in [2.45, 2.75) is 19.4 Å². The summed E-state index contributed by atoms with van der Waals surface area (Å²) in [6, 6.07) is 9.11. The van der Waals surface area contributed by atoms with Gasteiger partial charge >= 0.3 is 0 Å². The van der Waals surface area contributed by atoms with Crippen LogP contribution in [0.2, 0.25) is 0 Å². The molecule has 1 aliphatic heterocycles. The van der Waals surface area contributed by atoms with Gasteiger partial charge < -0.3 is 9.47 Å². The van der Waals surface area contributed by atoms with Crippen molar-refractivity contribution in [1.29, 1.82) is 0 Å². The summed E-state index contributed by atoms with van der Waals surface area (Å²) in [6.07, 6.45) is 4.47. The highest BCUT2D eigenvalue weighted by Crippen LogP contribution is 2.18. The summed E-state index contributed by atoms with van der Waals surface area (Å²) in [4.78, 5) is 26.8. The van der Waals surface area contributed by atoms with E-state index in [1.165, 1.54) is 10.8 Å². The lowest BCUT2D eigenvalue weighted by atomic mass is 10.00. The van der Waals surface area contributed by atoms with Crippen LogP contribution < -0.4 is 5.56 Å². The van der Waals surface area contributed by atoms with Crippen molar-refractivity contribution >= 4 is 26.5 Å². The van der Waals surface area contributed by atoms with Crippen LogP contribution in [-0.2, 0) is 21.2 Å². The Morgan fingerprint density at radius 1 is 1.24 bits per heavy atom. The zero-order valence-corrected chi connectivity index (χ0v) is 15.0. The van der Waals surface area contributed by atoms with Crippen molar-refractivity contribution in [2.24, 2.45) is 5.92 Å². The van der Waals surface area contributed by atoms with Gasteiger partial charge in [0.2, 0.25) is 5.91 Å². The van der Waals surface area contributed by atoms with Crippen LogP contribution in [0.3, 0.4) is 0 Å². The summed E-state index contributed by atoms with van der Waals surface area (Å²) in [6.45, 7) is 1.03. The first-order chi connectivity index (χ1) is 11.8. The molecule has 1 aromatic carbocycles. The number of pyridine rings is 1. The van der Waals surface area contributed by atoms with E-state index in [1.807, 2.05) is 18.2 Å². The second-order valence-corrected chi connectivity index (χ2v) is 8.96. The summed E-state index contributed by atoms with van der Waals surface area (Å²) in [7, 11) is -3.06. The van der Waals surface area contributed by atoms with E-state index in [0.29, 0.717) is 18.5 Å². The van der Waals surface area contributed by atoms with Gasteiger partial charge in [0.25, 0.3) is 5.56 Å². The van der Waals surface area contributed by atoms with Crippen LogP contribution >= 0.6 is 0 Å². The number of sulfone groups is 1. The maximum absolute atomic E-state index is 12.6. The Bertz CT molecular complexity index is 949. The first-order valence-corrected chi connectivity index (χ1v) is 10.4. The Labute approximate surface area is 147 Å². The van der Waals surface area contributed by atoms with E-state index in [9.17, 15) is 18.0 Å². The minimum atomic E-state index is -3.06. The number of aromatic nitrogens is 1. The highest BCUT2D eigenvalue weighted by molar-refractivity contribution is 7.90. The average molecular weight is 362 g/mol. The molecule has 2 aromatic rings. The number of rotatable bonds is 4. The van der Waals surface area contributed by atoms with E-state index in [-0.39, 0.29) is 29.7 Å². The number of hydrogen-bond donors (Lipinski definition) is 0. The van der Waals surface area contributed by atoms with Crippen LogP contribution in [0.4, 0.5) is 0 Å². The standard InChI is InChI=1S/C18H22N2O4S/c1-25(23,24)13-14-5-4-9-19(11-14)17(21)12-20-10-8-15-6-2-3-7-16(15)18(20)22/h2-3,6-8,10,14H,4-5,9,11-13H2,1H3/t14-/m0/s1. The fourth-order valence-corrected chi connectivity index (χ4v) is 4.58. The summed E-state index contributed by atoms with van der Waals surface area (Å²) in [5.41, 5.74) is -0.184. The van der Waals surface area contributed by atoms with E-state index >= 15 is 0 Å². The molecule has 3 rings (SSSR count). The minimum Gasteiger partial charge on any atom is -0.341 e. The van der Waals surface area contributed by atoms with Gasteiger partial charge in [0.15, 0.2) is 0 Å². The molecule has 0 radical (unpaired) electrons. The summed E-state index contributed by atoms with van der Waals surface area (Å²) >= 11 is 0. The molecule has 134 valence electrons. The molecule has 0 saturated carbocycles. The van der Waals surface area contributed by atoms with Gasteiger partial charge in [0.05, 0.1) is 5.75 Å². The highest BCUT2D eigenvalue weighted by Gasteiger charge is 2.26. The third-order valence-electron chi connectivity index (χ3n) is 4.60. The number of benzene rings is 1. The molecule has 1 atom stereocenters. The Morgan fingerprint density at radius 2 is 2.00 bits per heavy atom. The van der Waals surface area contributed by atoms with Crippen molar-refractivity contribution in [1.82, 2.24) is 9.47 Å². The molecule has 25 heavy (non-hydrogen) atoms. The first kappa shape index (κ1) is 17.7. The molecule has 1 fully saturated rings. The number of amides is 1. The van der Waals surface area contributed by atoms with Crippen molar-refractivity contribution in [3.8, 4) is 0 Å². The lowest BCUT2D eigenvalue weighted by Gasteiger charge is -2.32. The molecular weight excluding hydrogens is 340 g/mol. The summed E-state index contributed by atoms with van der Waals surface area (Å²) in [5.74, 6) is -0.0659. The van der Waals surface area contributed by atoms with Gasteiger partial charge in [-0.3, -0.25) is 9.59 Å². The molecule has 1 amide bonds. The smallest absolute Gasteiger partial charge is 0.258 e. The number of hydrogen-bond acceptors (Lipinski definition) is 4. The van der Waals surface area contributed by atoms with Crippen molar-refractivity contribution in [3.05, 3.63) is 46.9 Å². The number of fused-ring (bicyclic) bond motifs is 1. The molecule has 0 bridgehead atoms. The molecule has 1 aromatic heterocycles. The van der Waals surface area contributed by atoms with Gasteiger partial charge in [-0.15, -0.1) is 0 Å². The first-order valence-electron chi connectivity index (χ1n) is 8.37. The Kier molecular flexibility index (Phi) is 4.94. The fraction of sp³-hybridized carbons (Fsp3) is 0.444. The number of nitrogens with zero attached hydrogens (tertiary/aromatic N) is 2. The zero-order chi connectivity index (χ0) is 18.0. The Morgan fingerprint density at radius 3 is 2.76 bits per heavy atom. The molecule has 1 aliphatic rings. The maximum Gasteiger partial charge on any atom is 0.258 e. The second kappa shape index (κ2) is 7.00. The van der Waals surface area contributed by atoms with Crippen LogP contribution in [0, 0.1) is 5.92 Å². The van der Waals surface area contributed by atoms with Gasteiger partial charge in [-0.2, -0.15) is 0 Å². The van der Waals surface area contributed by atoms with Crippen molar-refractivity contribution in [3.63, 3.8) is 0 Å². The van der Waals surface area contributed by atoms with Crippen molar-refractivity contribution in [2.75, 3.05) is 25.1 Å². The topological polar surface area (TPSA) is 76.5 Å². The van der Waals surface area contributed by atoms with Gasteiger partial charge in [-0.25, -0.2) is 8.42 Å². The van der Waals surface area contributed by atoms with Crippen LogP contribution in [0.1, 0.15) is 12.8 Å². The second-order valence-electron chi connectivity index (χ2n) is 6.78. The minimum absolute atomic E-state index is 0.0186. The van der Waals surface area contributed by atoms with Gasteiger partial charge in [-0.1, -0.05) is 18.2 Å². The normalized spacial score (nSPS) is 18.4. The van der Waals surface area contributed by atoms with Gasteiger partial charge in [-0.05, 0) is 36.3 Å². The molecule has 1 saturated heterocycles. The van der Waals surface area contributed by atoms with Crippen LogP contribution in [0.25, 0.3) is 10.8 Å². The number of carbonyl (C=O) groups is 1. The third kappa shape index (κ3) is 4.28. The number of carbonyl (C=O) groups excluding carboxylic acids is 1. The number of piperidine rings is 1. The van der Waals surface area contributed by atoms with E-state index in [4.69, 9.17) is 0 Å². The maximum atomic E-state index is 12.6.